The van der Waals surface area contributed by atoms with E-state index in [1.165, 1.54) is 0 Å². The first kappa shape index (κ1) is 22.8. The number of nitrogens with one attached hydrogen (secondary N) is 1. The van der Waals surface area contributed by atoms with Gasteiger partial charge in [-0.05, 0) is 43.0 Å². The average molecular weight is 498 g/mol. The summed E-state index contributed by atoms with van der Waals surface area (Å²) in [6.07, 6.45) is 0.391. The van der Waals surface area contributed by atoms with Crippen molar-refractivity contribution in [1.29, 1.82) is 0 Å². The predicted molar refractivity (Wildman–Crippen MR) is 143 cm³/mol. The van der Waals surface area contributed by atoms with Crippen molar-refractivity contribution in [3.8, 4) is 0 Å². The van der Waals surface area contributed by atoms with Gasteiger partial charge in [0.15, 0.2) is 5.72 Å². The number of carbonyl (C=O) groups is 1. The summed E-state index contributed by atoms with van der Waals surface area (Å²) in [6.45, 7) is 9.50. The molecule has 2 fully saturated rings. The molecule has 4 bridgehead atoms. The van der Waals surface area contributed by atoms with Crippen molar-refractivity contribution in [1.82, 2.24) is 14.5 Å². The summed E-state index contributed by atoms with van der Waals surface area (Å²) in [6, 6.07) is 18.8. The maximum absolute atomic E-state index is 13.3. The van der Waals surface area contributed by atoms with Gasteiger partial charge < -0.3 is 28.7 Å². The molecule has 4 aliphatic heterocycles. The van der Waals surface area contributed by atoms with Crippen LogP contribution in [0.1, 0.15) is 55.0 Å². The number of ether oxygens (including phenoxy) is 3. The maximum atomic E-state index is 13.3. The number of carbonyl (C=O) groups excluding carboxylic acids is 1. The Morgan fingerprint density at radius 2 is 1.81 bits per heavy atom. The SMILES string of the molecule is CC.Cc1c2c3c4c(cc5ccccc5n1[C@@]1(C)O[C@H](C[C@]15COCO5)n2c1ccccc31)CNC4=O. The number of benzene rings is 2. The van der Waals surface area contributed by atoms with Gasteiger partial charge in [-0.2, -0.15) is 0 Å². The quantitative estimate of drug-likeness (QED) is 0.333. The van der Waals surface area contributed by atoms with Crippen LogP contribution in [-0.4, -0.2) is 34.0 Å². The normalized spacial score (nSPS) is 26.9. The largest absolute Gasteiger partial charge is 0.352 e. The Morgan fingerprint density at radius 1 is 1.05 bits per heavy atom. The van der Waals surface area contributed by atoms with Crippen molar-refractivity contribution in [3.63, 3.8) is 0 Å². The summed E-state index contributed by atoms with van der Waals surface area (Å²) in [5.74, 6) is -0.0281. The molecule has 3 atom stereocenters. The van der Waals surface area contributed by atoms with Crippen LogP contribution in [0.2, 0.25) is 0 Å². The average Bonchev–Trinajstić information content (AvgIpc) is 3.66. The summed E-state index contributed by atoms with van der Waals surface area (Å²) < 4.78 is 23.8. The van der Waals surface area contributed by atoms with E-state index in [-0.39, 0.29) is 18.9 Å². The number of hydrogen-bond donors (Lipinski definition) is 1. The number of nitrogens with zero attached hydrogens (tertiary/aromatic N) is 2. The highest BCUT2D eigenvalue weighted by Gasteiger charge is 2.63. The van der Waals surface area contributed by atoms with Crippen LogP contribution in [0.3, 0.4) is 0 Å². The molecule has 0 unspecified atom stereocenters. The maximum Gasteiger partial charge on any atom is 0.252 e. The van der Waals surface area contributed by atoms with E-state index >= 15 is 0 Å². The molecule has 190 valence electrons. The first-order chi connectivity index (χ1) is 18.0. The number of hydrogen-bond acceptors (Lipinski definition) is 4. The Kier molecular flexibility index (Phi) is 4.81. The Bertz CT molecular complexity index is 1680. The molecule has 8 rings (SSSR count). The van der Waals surface area contributed by atoms with Crippen LogP contribution < -0.4 is 5.32 Å². The van der Waals surface area contributed by atoms with Crippen LogP contribution in [0.4, 0.5) is 0 Å². The second kappa shape index (κ2) is 7.81. The first-order valence-electron chi connectivity index (χ1n) is 13.1. The Morgan fingerprint density at radius 3 is 2.59 bits per heavy atom. The molecular formula is C30H31N3O4. The summed E-state index contributed by atoms with van der Waals surface area (Å²) in [5.41, 5.74) is 4.48. The van der Waals surface area contributed by atoms with Crippen LogP contribution in [-0.2, 0) is 26.5 Å². The molecule has 7 heteroatoms. The van der Waals surface area contributed by atoms with Gasteiger partial charge in [-0.1, -0.05) is 50.2 Å². The van der Waals surface area contributed by atoms with Crippen molar-refractivity contribution in [2.75, 3.05) is 13.4 Å². The molecule has 0 saturated carbocycles. The number of amides is 1. The minimum Gasteiger partial charge on any atom is -0.352 e. The number of fused-ring (bicyclic) bond motifs is 13. The van der Waals surface area contributed by atoms with E-state index in [1.807, 2.05) is 32.0 Å². The summed E-state index contributed by atoms with van der Waals surface area (Å²) >= 11 is 0. The molecule has 6 heterocycles. The van der Waals surface area contributed by atoms with Crippen molar-refractivity contribution >= 4 is 38.6 Å². The molecular weight excluding hydrogens is 466 g/mol. The van der Waals surface area contributed by atoms with Gasteiger partial charge in [0, 0.05) is 29.4 Å². The highest BCUT2D eigenvalue weighted by Crippen LogP contribution is 2.56. The smallest absolute Gasteiger partial charge is 0.252 e. The molecule has 4 aromatic rings. The Labute approximate surface area is 215 Å². The monoisotopic (exact) mass is 497 g/mol. The summed E-state index contributed by atoms with van der Waals surface area (Å²) in [7, 11) is 0. The van der Waals surface area contributed by atoms with Gasteiger partial charge in [0.05, 0.1) is 28.7 Å². The van der Waals surface area contributed by atoms with Gasteiger partial charge in [0.25, 0.3) is 5.91 Å². The lowest BCUT2D eigenvalue weighted by molar-refractivity contribution is -0.180. The van der Waals surface area contributed by atoms with Gasteiger partial charge in [0.2, 0.25) is 0 Å². The molecule has 2 saturated heterocycles. The van der Waals surface area contributed by atoms with Crippen LogP contribution in [0.25, 0.3) is 32.7 Å². The molecule has 7 nitrogen and oxygen atoms in total. The zero-order chi connectivity index (χ0) is 25.5. The first-order valence-corrected chi connectivity index (χ1v) is 13.1. The predicted octanol–water partition coefficient (Wildman–Crippen LogP) is 5.80. The van der Waals surface area contributed by atoms with E-state index in [9.17, 15) is 4.79 Å². The third-order valence-electron chi connectivity index (χ3n) is 8.52. The van der Waals surface area contributed by atoms with Crippen molar-refractivity contribution in [3.05, 3.63) is 71.4 Å². The van der Waals surface area contributed by atoms with Gasteiger partial charge in [-0.3, -0.25) is 4.79 Å². The molecule has 0 radical (unpaired) electrons. The highest BCUT2D eigenvalue weighted by molar-refractivity contribution is 6.20. The molecule has 0 aliphatic carbocycles. The van der Waals surface area contributed by atoms with Crippen LogP contribution >= 0.6 is 0 Å². The molecule has 37 heavy (non-hydrogen) atoms. The molecule has 2 aromatic heterocycles. The van der Waals surface area contributed by atoms with Gasteiger partial charge in [-0.15, -0.1) is 0 Å². The fourth-order valence-corrected chi connectivity index (χ4v) is 6.98. The number of aromatic nitrogens is 2. The van der Waals surface area contributed by atoms with E-state index in [0.29, 0.717) is 19.6 Å². The van der Waals surface area contributed by atoms with Gasteiger partial charge in [-0.25, -0.2) is 0 Å². The van der Waals surface area contributed by atoms with Crippen molar-refractivity contribution in [2.24, 2.45) is 0 Å². The zero-order valence-corrected chi connectivity index (χ0v) is 21.6. The van der Waals surface area contributed by atoms with E-state index in [4.69, 9.17) is 14.2 Å². The fraction of sp³-hybridized carbons (Fsp3) is 0.367. The van der Waals surface area contributed by atoms with E-state index in [2.05, 4.69) is 64.7 Å². The third kappa shape index (κ3) is 2.74. The Hall–Kier alpha value is -3.39. The standard InChI is InChI=1S/C28H25N3O4.C2H6/c1-16-25-24-19-8-4-6-10-21(19)30(25)22-12-28(14-33-15-34-28)27(2,35-22)31(16)20-9-5-3-7-17(20)11-18-13-29-26(32)23(18)24;1-2/h3-11,22H,12-15H2,1-2H3,(H,29,32);1-2H3/t22-,27+,28+;/m1./s1. The van der Waals surface area contributed by atoms with Crippen molar-refractivity contribution in [2.45, 2.75) is 58.2 Å². The second-order valence-corrected chi connectivity index (χ2v) is 10.2. The van der Waals surface area contributed by atoms with E-state index < -0.39 is 11.3 Å². The molecule has 1 N–H and O–H groups in total. The summed E-state index contributed by atoms with van der Waals surface area (Å²) in [4.78, 5) is 13.3. The number of rotatable bonds is 0. The lowest BCUT2D eigenvalue weighted by Crippen LogP contribution is -2.52. The molecule has 4 aliphatic rings. The fourth-order valence-electron chi connectivity index (χ4n) is 6.98. The minimum atomic E-state index is -0.809. The van der Waals surface area contributed by atoms with Crippen molar-refractivity contribution < 1.29 is 19.0 Å². The number of para-hydroxylation sites is 2. The lowest BCUT2D eigenvalue weighted by atomic mass is 9.89. The second-order valence-electron chi connectivity index (χ2n) is 10.2. The molecule has 1 amide bonds. The lowest BCUT2D eigenvalue weighted by Gasteiger charge is -2.40. The van der Waals surface area contributed by atoms with E-state index in [0.717, 1.165) is 49.5 Å². The topological polar surface area (TPSA) is 66.7 Å². The minimum absolute atomic E-state index is 0.0281. The Balaban J connectivity index is 0.00000113. The number of aryl methyl sites for hydroxylation is 1. The van der Waals surface area contributed by atoms with Crippen LogP contribution in [0.5, 0.6) is 0 Å². The molecule has 2 aromatic carbocycles. The van der Waals surface area contributed by atoms with Gasteiger partial charge in [0.1, 0.15) is 18.6 Å². The van der Waals surface area contributed by atoms with E-state index in [1.54, 1.807) is 0 Å². The summed E-state index contributed by atoms with van der Waals surface area (Å²) in [5, 5.41) is 6.16. The highest BCUT2D eigenvalue weighted by atomic mass is 16.7. The molecule has 1 spiro atoms. The third-order valence-corrected chi connectivity index (χ3v) is 8.52. The van der Waals surface area contributed by atoms with Crippen LogP contribution in [0, 0.1) is 6.92 Å². The van der Waals surface area contributed by atoms with Gasteiger partial charge >= 0.3 is 0 Å². The zero-order valence-electron chi connectivity index (χ0n) is 21.6. The van der Waals surface area contributed by atoms with Crippen LogP contribution in [0.15, 0.2) is 54.6 Å².